The number of nitrogens with zero attached hydrogens (tertiary/aromatic N) is 3. The second-order valence-electron chi connectivity index (χ2n) is 8.34. The van der Waals surface area contributed by atoms with Crippen LogP contribution in [-0.4, -0.2) is 28.0 Å². The number of amides is 1. The van der Waals surface area contributed by atoms with Crippen molar-refractivity contribution in [2.75, 3.05) is 0 Å². The molecule has 0 bridgehead atoms. The Bertz CT molecular complexity index is 998. The Kier molecular flexibility index (Phi) is 5.80. The van der Waals surface area contributed by atoms with Crippen LogP contribution in [0.5, 0.6) is 0 Å². The van der Waals surface area contributed by atoms with Crippen molar-refractivity contribution in [3.8, 4) is 6.07 Å². The van der Waals surface area contributed by atoms with Gasteiger partial charge in [-0.1, -0.05) is 6.92 Å². The van der Waals surface area contributed by atoms with Gasteiger partial charge in [-0.05, 0) is 74.3 Å². The number of nitriles is 1. The van der Waals surface area contributed by atoms with Gasteiger partial charge >= 0.3 is 0 Å². The van der Waals surface area contributed by atoms with Crippen molar-refractivity contribution in [2.24, 2.45) is 5.92 Å². The number of aromatic nitrogens is 2. The van der Waals surface area contributed by atoms with Gasteiger partial charge in [0.1, 0.15) is 11.8 Å². The van der Waals surface area contributed by atoms with Crippen LogP contribution in [0.25, 0.3) is 0 Å². The first-order valence-electron chi connectivity index (χ1n) is 10.6. The number of nitrogens with one attached hydrogen (secondary N) is 3. The highest BCUT2D eigenvalue weighted by Crippen LogP contribution is 2.38. The average Bonchev–Trinajstić information content (AvgIpc) is 3.19. The van der Waals surface area contributed by atoms with E-state index in [1.54, 1.807) is 0 Å². The van der Waals surface area contributed by atoms with Gasteiger partial charge in [0.25, 0.3) is 5.91 Å². The van der Waals surface area contributed by atoms with Crippen LogP contribution in [0.4, 0.5) is 0 Å². The van der Waals surface area contributed by atoms with E-state index in [0.717, 1.165) is 42.5 Å². The number of pyridine rings is 2. The highest BCUT2D eigenvalue weighted by molar-refractivity contribution is 5.94. The standard InChI is InChI=1S/C23H28N6O/c1-4-17-9-15(7-8-25-17)22-19-10-18(5-6-20(19)28-29-22)27-23(30)21-14(3)13(2)16(11-24)12-26-21/h7-9,12,18-20,22,28-29H,4-6,10H2,1-3H3,(H,27,30). The van der Waals surface area contributed by atoms with E-state index in [0.29, 0.717) is 23.2 Å². The van der Waals surface area contributed by atoms with Gasteiger partial charge in [-0.2, -0.15) is 5.26 Å². The van der Waals surface area contributed by atoms with Crippen molar-refractivity contribution in [1.82, 2.24) is 26.1 Å². The molecular formula is C23H28N6O. The normalized spacial score (nSPS) is 25.4. The van der Waals surface area contributed by atoms with Crippen molar-refractivity contribution < 1.29 is 4.79 Å². The maximum atomic E-state index is 12.9. The molecule has 0 aromatic carbocycles. The summed E-state index contributed by atoms with van der Waals surface area (Å²) in [6.07, 6.45) is 7.12. The number of rotatable bonds is 4. The molecule has 1 saturated heterocycles. The van der Waals surface area contributed by atoms with Crippen LogP contribution in [0.1, 0.15) is 70.7 Å². The molecule has 7 heteroatoms. The fraction of sp³-hybridized carbons (Fsp3) is 0.478. The van der Waals surface area contributed by atoms with E-state index in [1.165, 1.54) is 11.8 Å². The summed E-state index contributed by atoms with van der Waals surface area (Å²) in [6, 6.07) is 7.10. The summed E-state index contributed by atoms with van der Waals surface area (Å²) in [7, 11) is 0. The Labute approximate surface area is 177 Å². The molecule has 2 fully saturated rings. The number of carbonyl (C=O) groups is 1. The van der Waals surface area contributed by atoms with Crippen molar-refractivity contribution in [1.29, 1.82) is 5.26 Å². The first kappa shape index (κ1) is 20.5. The number of hydrogen-bond donors (Lipinski definition) is 3. The predicted octanol–water partition coefficient (Wildman–Crippen LogP) is 2.64. The highest BCUT2D eigenvalue weighted by Gasteiger charge is 2.41. The molecule has 1 aliphatic heterocycles. The van der Waals surface area contributed by atoms with Crippen LogP contribution in [0.15, 0.2) is 24.5 Å². The molecule has 1 amide bonds. The van der Waals surface area contributed by atoms with Crippen LogP contribution in [0.2, 0.25) is 0 Å². The van der Waals surface area contributed by atoms with E-state index in [9.17, 15) is 4.79 Å². The summed E-state index contributed by atoms with van der Waals surface area (Å²) < 4.78 is 0. The molecule has 2 aliphatic rings. The van der Waals surface area contributed by atoms with Crippen molar-refractivity contribution in [2.45, 2.75) is 64.6 Å². The molecule has 4 atom stereocenters. The van der Waals surface area contributed by atoms with E-state index < -0.39 is 0 Å². The van der Waals surface area contributed by atoms with Gasteiger partial charge < -0.3 is 5.32 Å². The Morgan fingerprint density at radius 2 is 2.10 bits per heavy atom. The fourth-order valence-electron chi connectivity index (χ4n) is 4.70. The predicted molar refractivity (Wildman–Crippen MR) is 113 cm³/mol. The Morgan fingerprint density at radius 1 is 1.27 bits per heavy atom. The van der Waals surface area contributed by atoms with E-state index in [-0.39, 0.29) is 18.0 Å². The minimum Gasteiger partial charge on any atom is -0.348 e. The van der Waals surface area contributed by atoms with Crippen molar-refractivity contribution in [3.05, 3.63) is 58.2 Å². The average molecular weight is 405 g/mol. The first-order chi connectivity index (χ1) is 14.5. The van der Waals surface area contributed by atoms with Gasteiger partial charge in [-0.3, -0.25) is 15.2 Å². The lowest BCUT2D eigenvalue weighted by Gasteiger charge is -2.33. The van der Waals surface area contributed by atoms with Crippen LogP contribution in [0.3, 0.4) is 0 Å². The van der Waals surface area contributed by atoms with Gasteiger partial charge in [-0.15, -0.1) is 0 Å². The van der Waals surface area contributed by atoms with E-state index in [1.807, 2.05) is 20.0 Å². The molecule has 156 valence electrons. The van der Waals surface area contributed by atoms with E-state index in [2.05, 4.69) is 51.3 Å². The lowest BCUT2D eigenvalue weighted by molar-refractivity contribution is 0.0909. The van der Waals surface area contributed by atoms with Crippen LogP contribution >= 0.6 is 0 Å². The van der Waals surface area contributed by atoms with E-state index in [4.69, 9.17) is 5.26 Å². The zero-order valence-corrected chi connectivity index (χ0v) is 17.7. The summed E-state index contributed by atoms with van der Waals surface area (Å²) in [6.45, 7) is 5.82. The molecular weight excluding hydrogens is 376 g/mol. The fourth-order valence-corrected chi connectivity index (χ4v) is 4.70. The minimum absolute atomic E-state index is 0.104. The quantitative estimate of drug-likeness (QED) is 0.724. The van der Waals surface area contributed by atoms with E-state index >= 15 is 0 Å². The molecule has 30 heavy (non-hydrogen) atoms. The Balaban J connectivity index is 1.48. The summed E-state index contributed by atoms with van der Waals surface area (Å²) >= 11 is 0. The number of aryl methyl sites for hydroxylation is 1. The Hall–Kier alpha value is -2.82. The summed E-state index contributed by atoms with van der Waals surface area (Å²) in [5, 5.41) is 12.4. The zero-order chi connectivity index (χ0) is 21.3. The zero-order valence-electron chi connectivity index (χ0n) is 17.7. The second-order valence-corrected chi connectivity index (χ2v) is 8.34. The van der Waals surface area contributed by atoms with Crippen LogP contribution < -0.4 is 16.2 Å². The number of carbonyl (C=O) groups excluding carboxylic acids is 1. The van der Waals surface area contributed by atoms with Gasteiger partial charge in [-0.25, -0.2) is 10.4 Å². The SMILES string of the molecule is CCc1cc(C2NNC3CCC(NC(=O)c4ncc(C#N)c(C)c4C)CC32)ccn1. The number of fused-ring (bicyclic) bond motifs is 1. The topological polar surface area (TPSA) is 103 Å². The van der Waals surface area contributed by atoms with Crippen molar-refractivity contribution in [3.63, 3.8) is 0 Å². The lowest BCUT2D eigenvalue weighted by Crippen LogP contribution is -2.44. The summed E-state index contributed by atoms with van der Waals surface area (Å²) in [5.74, 6) is 0.240. The monoisotopic (exact) mass is 404 g/mol. The molecule has 4 unspecified atom stereocenters. The molecule has 1 saturated carbocycles. The Morgan fingerprint density at radius 3 is 2.87 bits per heavy atom. The van der Waals surface area contributed by atoms with Crippen LogP contribution in [0, 0.1) is 31.1 Å². The third-order valence-corrected chi connectivity index (χ3v) is 6.63. The van der Waals surface area contributed by atoms with Crippen molar-refractivity contribution >= 4 is 5.91 Å². The maximum Gasteiger partial charge on any atom is 0.270 e. The molecule has 1 aliphatic carbocycles. The third kappa shape index (κ3) is 3.81. The van der Waals surface area contributed by atoms with Gasteiger partial charge in [0.15, 0.2) is 0 Å². The molecule has 4 rings (SSSR count). The number of hydrogen-bond acceptors (Lipinski definition) is 6. The van der Waals surface area contributed by atoms with Gasteiger partial charge in [0, 0.05) is 30.2 Å². The molecule has 3 heterocycles. The number of hydrazine groups is 1. The molecule has 0 radical (unpaired) electrons. The highest BCUT2D eigenvalue weighted by atomic mass is 16.1. The smallest absolute Gasteiger partial charge is 0.270 e. The summed E-state index contributed by atoms with van der Waals surface area (Å²) in [5.41, 5.74) is 11.8. The second kappa shape index (κ2) is 8.50. The van der Waals surface area contributed by atoms with Gasteiger partial charge in [0.05, 0.1) is 11.6 Å². The first-order valence-corrected chi connectivity index (χ1v) is 10.6. The maximum absolute atomic E-state index is 12.9. The third-order valence-electron chi connectivity index (χ3n) is 6.63. The van der Waals surface area contributed by atoms with Gasteiger partial charge in [0.2, 0.25) is 0 Å². The molecule has 7 nitrogen and oxygen atoms in total. The minimum atomic E-state index is -0.156. The van der Waals surface area contributed by atoms with Crippen LogP contribution in [-0.2, 0) is 6.42 Å². The molecule has 3 N–H and O–H groups in total. The lowest BCUT2D eigenvalue weighted by atomic mass is 9.77. The summed E-state index contributed by atoms with van der Waals surface area (Å²) in [4.78, 5) is 21.6. The molecule has 0 spiro atoms. The largest absolute Gasteiger partial charge is 0.348 e. The molecule has 2 aromatic rings. The molecule has 2 aromatic heterocycles.